The summed E-state index contributed by atoms with van der Waals surface area (Å²) in [6, 6.07) is 5.73. The lowest BCUT2D eigenvalue weighted by atomic mass is 10.0. The first-order chi connectivity index (χ1) is 7.74. The second-order valence-corrected chi connectivity index (χ2v) is 3.94. The maximum atomic E-state index is 11.4. The van der Waals surface area contributed by atoms with Crippen LogP contribution in [0, 0.1) is 0 Å². The van der Waals surface area contributed by atoms with Crippen LogP contribution in [0.15, 0.2) is 30.0 Å². The van der Waals surface area contributed by atoms with E-state index in [4.69, 9.17) is 0 Å². The molecule has 0 aliphatic heterocycles. The number of allylic oxidation sites excluding steroid dienone is 1. The normalized spacial score (nSPS) is 11.5. The van der Waals surface area contributed by atoms with Crippen LogP contribution in [-0.4, -0.2) is 10.8 Å². The fraction of sp³-hybridized carbons (Fsp3) is 0.429. The van der Waals surface area contributed by atoms with Gasteiger partial charge in [0.2, 0.25) is 0 Å². The first-order valence-electron chi connectivity index (χ1n) is 5.86. The monoisotopic (exact) mass is 217 g/mol. The lowest BCUT2D eigenvalue weighted by molar-refractivity contribution is -0.113. The van der Waals surface area contributed by atoms with Crippen molar-refractivity contribution in [2.45, 2.75) is 39.5 Å². The number of nitrogens with zero attached hydrogens (tertiary/aromatic N) is 1. The van der Waals surface area contributed by atoms with E-state index in [2.05, 4.69) is 11.9 Å². The third-order valence-electron chi connectivity index (χ3n) is 2.51. The largest absolute Gasteiger partial charge is 0.295 e. The fourth-order valence-corrected chi connectivity index (χ4v) is 1.56. The van der Waals surface area contributed by atoms with Crippen LogP contribution in [-0.2, 0) is 4.79 Å². The van der Waals surface area contributed by atoms with E-state index in [9.17, 15) is 4.79 Å². The highest BCUT2D eigenvalue weighted by Gasteiger charge is 2.03. The highest BCUT2D eigenvalue weighted by molar-refractivity contribution is 5.97. The Labute approximate surface area is 97.4 Å². The second-order valence-electron chi connectivity index (χ2n) is 3.94. The molecule has 0 saturated heterocycles. The predicted octanol–water partition coefficient (Wildman–Crippen LogP) is 3.63. The molecule has 0 fully saturated rings. The molecule has 0 aliphatic carbocycles. The molecule has 0 saturated carbocycles. The van der Waals surface area contributed by atoms with Crippen molar-refractivity contribution in [3.63, 3.8) is 0 Å². The maximum Gasteiger partial charge on any atom is 0.155 e. The smallest absolute Gasteiger partial charge is 0.155 e. The summed E-state index contributed by atoms with van der Waals surface area (Å²) in [6.45, 7) is 3.79. The van der Waals surface area contributed by atoms with Crippen LogP contribution >= 0.6 is 0 Å². The van der Waals surface area contributed by atoms with Gasteiger partial charge in [0.1, 0.15) is 0 Å². The van der Waals surface area contributed by atoms with E-state index >= 15 is 0 Å². The van der Waals surface area contributed by atoms with Crippen molar-refractivity contribution in [3.05, 3.63) is 35.7 Å². The van der Waals surface area contributed by atoms with E-state index in [1.54, 1.807) is 13.1 Å². The molecule has 86 valence electrons. The molecule has 0 atom stereocenters. The van der Waals surface area contributed by atoms with Crippen LogP contribution in [0.2, 0.25) is 0 Å². The average molecular weight is 217 g/mol. The first kappa shape index (κ1) is 12.6. The Balaban J connectivity index is 2.70. The van der Waals surface area contributed by atoms with Gasteiger partial charge in [-0.1, -0.05) is 25.8 Å². The SMILES string of the molecule is CCCCCC(=Cc1ccccn1)C(C)=O. The number of hydrogen-bond donors (Lipinski definition) is 0. The predicted molar refractivity (Wildman–Crippen MR) is 67.0 cm³/mol. The minimum Gasteiger partial charge on any atom is -0.295 e. The van der Waals surface area contributed by atoms with Crippen molar-refractivity contribution in [1.82, 2.24) is 4.98 Å². The molecule has 0 unspecified atom stereocenters. The first-order valence-corrected chi connectivity index (χ1v) is 5.86. The van der Waals surface area contributed by atoms with Gasteiger partial charge in [0.05, 0.1) is 5.69 Å². The maximum absolute atomic E-state index is 11.4. The van der Waals surface area contributed by atoms with Crippen LogP contribution in [0.25, 0.3) is 6.08 Å². The Hall–Kier alpha value is -1.44. The number of Topliss-reactive ketones (excluding diaryl/α,β-unsaturated/α-hetero) is 1. The molecular weight excluding hydrogens is 198 g/mol. The molecule has 2 heteroatoms. The molecule has 1 aromatic heterocycles. The zero-order valence-corrected chi connectivity index (χ0v) is 10.1. The summed E-state index contributed by atoms with van der Waals surface area (Å²) < 4.78 is 0. The van der Waals surface area contributed by atoms with Crippen molar-refractivity contribution in [1.29, 1.82) is 0 Å². The topological polar surface area (TPSA) is 30.0 Å². The molecule has 1 heterocycles. The lowest BCUT2D eigenvalue weighted by Crippen LogP contribution is -1.97. The van der Waals surface area contributed by atoms with Crippen LogP contribution in [0.4, 0.5) is 0 Å². The summed E-state index contributed by atoms with van der Waals surface area (Å²) in [4.78, 5) is 15.6. The van der Waals surface area contributed by atoms with E-state index in [0.717, 1.165) is 24.1 Å². The van der Waals surface area contributed by atoms with Crippen LogP contribution in [0.1, 0.15) is 45.2 Å². The van der Waals surface area contributed by atoms with E-state index in [0.29, 0.717) is 0 Å². The summed E-state index contributed by atoms with van der Waals surface area (Å²) in [5.74, 6) is 0.154. The van der Waals surface area contributed by atoms with Gasteiger partial charge in [0, 0.05) is 6.20 Å². The van der Waals surface area contributed by atoms with Gasteiger partial charge in [0.25, 0.3) is 0 Å². The number of carbonyl (C=O) groups excluding carboxylic acids is 1. The summed E-state index contributed by atoms with van der Waals surface area (Å²) >= 11 is 0. The van der Waals surface area contributed by atoms with Crippen molar-refractivity contribution >= 4 is 11.9 Å². The number of aromatic nitrogens is 1. The molecule has 1 aromatic rings. The van der Waals surface area contributed by atoms with Crippen LogP contribution in [0.5, 0.6) is 0 Å². The second kappa shape index (κ2) is 6.94. The molecule has 0 aromatic carbocycles. The van der Waals surface area contributed by atoms with Crippen LogP contribution in [0.3, 0.4) is 0 Å². The summed E-state index contributed by atoms with van der Waals surface area (Å²) in [5.41, 5.74) is 1.75. The summed E-state index contributed by atoms with van der Waals surface area (Å²) in [5, 5.41) is 0. The molecule has 0 amide bonds. The summed E-state index contributed by atoms with van der Waals surface area (Å²) in [6.07, 6.45) is 7.93. The minimum atomic E-state index is 0.154. The number of unbranched alkanes of at least 4 members (excludes halogenated alkanes) is 2. The lowest BCUT2D eigenvalue weighted by Gasteiger charge is -2.03. The van der Waals surface area contributed by atoms with E-state index in [1.165, 1.54) is 12.8 Å². The Morgan fingerprint density at radius 1 is 1.38 bits per heavy atom. The molecule has 0 spiro atoms. The molecule has 2 nitrogen and oxygen atoms in total. The van der Waals surface area contributed by atoms with E-state index < -0.39 is 0 Å². The third kappa shape index (κ3) is 4.39. The molecular formula is C14H19NO. The molecule has 16 heavy (non-hydrogen) atoms. The Morgan fingerprint density at radius 2 is 2.19 bits per heavy atom. The number of rotatable bonds is 6. The van der Waals surface area contributed by atoms with Gasteiger partial charge in [-0.25, -0.2) is 0 Å². The molecule has 0 bridgehead atoms. The van der Waals surface area contributed by atoms with Gasteiger partial charge in [-0.3, -0.25) is 9.78 Å². The van der Waals surface area contributed by atoms with E-state index in [1.807, 2.05) is 24.3 Å². The molecule has 0 aliphatic rings. The zero-order chi connectivity index (χ0) is 11.8. The van der Waals surface area contributed by atoms with Gasteiger partial charge in [-0.05, 0) is 43.5 Å². The summed E-state index contributed by atoms with van der Waals surface area (Å²) in [7, 11) is 0. The number of ketones is 1. The van der Waals surface area contributed by atoms with Gasteiger partial charge < -0.3 is 0 Å². The Bertz CT molecular complexity index is 354. The van der Waals surface area contributed by atoms with Crippen molar-refractivity contribution < 1.29 is 4.79 Å². The van der Waals surface area contributed by atoms with Gasteiger partial charge in [0.15, 0.2) is 5.78 Å². The highest BCUT2D eigenvalue weighted by Crippen LogP contribution is 2.13. The average Bonchev–Trinajstić information content (AvgIpc) is 2.29. The fourth-order valence-electron chi connectivity index (χ4n) is 1.56. The van der Waals surface area contributed by atoms with Crippen molar-refractivity contribution in [2.75, 3.05) is 0 Å². The highest BCUT2D eigenvalue weighted by atomic mass is 16.1. The third-order valence-corrected chi connectivity index (χ3v) is 2.51. The van der Waals surface area contributed by atoms with Crippen LogP contribution < -0.4 is 0 Å². The van der Waals surface area contributed by atoms with Gasteiger partial charge >= 0.3 is 0 Å². The quantitative estimate of drug-likeness (QED) is 0.538. The molecule has 0 radical (unpaired) electrons. The minimum absolute atomic E-state index is 0.154. The van der Waals surface area contributed by atoms with E-state index in [-0.39, 0.29) is 5.78 Å². The number of pyridine rings is 1. The van der Waals surface area contributed by atoms with Crippen molar-refractivity contribution in [2.24, 2.45) is 0 Å². The van der Waals surface area contributed by atoms with Gasteiger partial charge in [-0.15, -0.1) is 0 Å². The molecule has 1 rings (SSSR count). The number of hydrogen-bond acceptors (Lipinski definition) is 2. The van der Waals surface area contributed by atoms with Crippen molar-refractivity contribution in [3.8, 4) is 0 Å². The Morgan fingerprint density at radius 3 is 2.75 bits per heavy atom. The Kier molecular flexibility index (Phi) is 5.48. The standard InChI is InChI=1S/C14H19NO/c1-3-4-5-8-13(12(2)16)11-14-9-6-7-10-15-14/h6-7,9-11H,3-5,8H2,1-2H3. The molecule has 0 N–H and O–H groups in total. The zero-order valence-electron chi connectivity index (χ0n) is 10.1. The van der Waals surface area contributed by atoms with Gasteiger partial charge in [-0.2, -0.15) is 0 Å². The number of carbonyl (C=O) groups is 1.